The van der Waals surface area contributed by atoms with Gasteiger partial charge in [-0.15, -0.1) is 0 Å². The minimum Gasteiger partial charge on any atom is -0.258 e. The quantitative estimate of drug-likeness (QED) is 0.791. The molecule has 0 amide bonds. The first-order chi connectivity index (χ1) is 8.38. The van der Waals surface area contributed by atoms with Gasteiger partial charge in [-0.2, -0.15) is 4.40 Å². The van der Waals surface area contributed by atoms with Crippen LogP contribution in [-0.2, 0) is 11.0 Å². The van der Waals surface area contributed by atoms with Crippen molar-refractivity contribution in [1.29, 1.82) is 0 Å². The lowest BCUT2D eigenvalue weighted by Crippen LogP contribution is -2.19. The molecule has 1 aromatic rings. The van der Waals surface area contributed by atoms with Crippen LogP contribution in [0.15, 0.2) is 16.7 Å². The highest BCUT2D eigenvalue weighted by molar-refractivity contribution is 7.85. The van der Waals surface area contributed by atoms with Gasteiger partial charge in [-0.1, -0.05) is 0 Å². The van der Waals surface area contributed by atoms with Gasteiger partial charge >= 0.3 is 0 Å². The summed E-state index contributed by atoms with van der Waals surface area (Å²) in [6, 6.07) is 1.70. The molecule has 0 aromatic carbocycles. The molecule has 1 aliphatic rings. The van der Waals surface area contributed by atoms with E-state index in [4.69, 9.17) is 0 Å². The third-order valence-corrected chi connectivity index (χ3v) is 4.06. The first-order valence-electron chi connectivity index (χ1n) is 5.99. The maximum atomic E-state index is 13.5. The Hall–Kier alpha value is -1.10. The topological polar surface area (TPSA) is 42.3 Å². The van der Waals surface area contributed by atoms with Crippen molar-refractivity contribution in [2.24, 2.45) is 4.40 Å². The number of nitrogens with zero attached hydrogens (tertiary/aromatic N) is 2. The molecule has 18 heavy (non-hydrogen) atoms. The molecule has 98 valence electrons. The van der Waals surface area contributed by atoms with E-state index in [2.05, 4.69) is 9.38 Å². The fraction of sp³-hybridized carbons (Fsp3) is 0.538. The predicted molar refractivity (Wildman–Crippen MR) is 71.7 cm³/mol. The summed E-state index contributed by atoms with van der Waals surface area (Å²) in [6.07, 6.45) is 4.80. The summed E-state index contributed by atoms with van der Waals surface area (Å²) in [4.78, 5) is 4.06. The summed E-state index contributed by atoms with van der Waals surface area (Å²) < 4.78 is 28.8. The van der Waals surface area contributed by atoms with Crippen molar-refractivity contribution in [3.63, 3.8) is 0 Å². The van der Waals surface area contributed by atoms with Crippen molar-refractivity contribution in [2.45, 2.75) is 44.3 Å². The Morgan fingerprint density at radius 2 is 2.17 bits per heavy atom. The second kappa shape index (κ2) is 4.88. The Morgan fingerprint density at radius 1 is 1.50 bits per heavy atom. The highest BCUT2D eigenvalue weighted by Gasteiger charge is 2.25. The Bertz CT molecular complexity index is 504. The van der Waals surface area contributed by atoms with E-state index in [0.717, 1.165) is 18.5 Å². The van der Waals surface area contributed by atoms with Gasteiger partial charge in [-0.05, 0) is 39.7 Å². The van der Waals surface area contributed by atoms with Crippen LogP contribution in [0.2, 0.25) is 0 Å². The highest BCUT2D eigenvalue weighted by atomic mass is 32.2. The molecule has 0 spiro atoms. The molecule has 0 aliphatic heterocycles. The Morgan fingerprint density at radius 3 is 2.72 bits per heavy atom. The first kappa shape index (κ1) is 13.3. The SMILES string of the molecule is CC(C)(C)S(=O)/N=C/c1cc(C2CC2)ncc1F. The molecule has 1 heterocycles. The van der Waals surface area contributed by atoms with Crippen LogP contribution in [0.25, 0.3) is 0 Å². The summed E-state index contributed by atoms with van der Waals surface area (Å²) in [5.41, 5.74) is 1.27. The first-order valence-corrected chi connectivity index (χ1v) is 7.10. The molecular weight excluding hydrogens is 251 g/mol. The zero-order chi connectivity index (χ0) is 13.3. The number of pyridine rings is 1. The van der Waals surface area contributed by atoms with E-state index >= 15 is 0 Å². The van der Waals surface area contributed by atoms with Crippen LogP contribution in [0, 0.1) is 5.82 Å². The maximum Gasteiger partial charge on any atom is 0.150 e. The fourth-order valence-electron chi connectivity index (χ4n) is 1.44. The van der Waals surface area contributed by atoms with Crippen LogP contribution in [0.5, 0.6) is 0 Å². The van der Waals surface area contributed by atoms with Gasteiger partial charge in [0.05, 0.1) is 10.9 Å². The maximum absolute atomic E-state index is 13.5. The van der Waals surface area contributed by atoms with Gasteiger partial charge in [0.25, 0.3) is 0 Å². The van der Waals surface area contributed by atoms with E-state index in [1.807, 2.05) is 20.8 Å². The van der Waals surface area contributed by atoms with Crippen molar-refractivity contribution < 1.29 is 8.60 Å². The molecule has 0 N–H and O–H groups in total. The third-order valence-electron chi connectivity index (χ3n) is 2.71. The number of rotatable bonds is 3. The van der Waals surface area contributed by atoms with Crippen LogP contribution in [0.4, 0.5) is 4.39 Å². The standard InChI is InChI=1S/C13H17FN2OS/c1-13(2,3)18(17)16-7-10-6-12(9-4-5-9)15-8-11(10)14/h6-9H,4-5H2,1-3H3/b16-7+. The summed E-state index contributed by atoms with van der Waals surface area (Å²) >= 11 is 0. The van der Waals surface area contributed by atoms with Gasteiger partial charge in [0.15, 0.2) is 0 Å². The molecule has 2 rings (SSSR count). The van der Waals surface area contributed by atoms with Crippen molar-refractivity contribution in [1.82, 2.24) is 4.98 Å². The van der Waals surface area contributed by atoms with Gasteiger partial charge in [-0.3, -0.25) is 4.98 Å². The smallest absolute Gasteiger partial charge is 0.150 e. The van der Waals surface area contributed by atoms with E-state index in [9.17, 15) is 8.60 Å². The van der Waals surface area contributed by atoms with E-state index in [0.29, 0.717) is 11.5 Å². The summed E-state index contributed by atoms with van der Waals surface area (Å²) in [6.45, 7) is 5.50. The molecular formula is C13H17FN2OS. The van der Waals surface area contributed by atoms with Crippen molar-refractivity contribution in [3.05, 3.63) is 29.3 Å². The van der Waals surface area contributed by atoms with E-state index in [-0.39, 0.29) is 0 Å². The lowest BCUT2D eigenvalue weighted by atomic mass is 10.2. The largest absolute Gasteiger partial charge is 0.258 e. The van der Waals surface area contributed by atoms with Gasteiger partial charge in [0.2, 0.25) is 0 Å². The zero-order valence-corrected chi connectivity index (χ0v) is 11.6. The molecule has 1 aromatic heterocycles. The molecule has 1 atom stereocenters. The monoisotopic (exact) mass is 268 g/mol. The van der Waals surface area contributed by atoms with Gasteiger partial charge < -0.3 is 0 Å². The second-order valence-corrected chi connectivity index (χ2v) is 7.43. The Labute approximate surface area is 109 Å². The van der Waals surface area contributed by atoms with Crippen LogP contribution in [0.3, 0.4) is 0 Å². The molecule has 0 saturated heterocycles. The van der Waals surface area contributed by atoms with E-state index < -0.39 is 21.5 Å². The number of aromatic nitrogens is 1. The Balaban J connectivity index is 2.20. The summed E-state index contributed by atoms with van der Waals surface area (Å²) in [7, 11) is -1.37. The summed E-state index contributed by atoms with van der Waals surface area (Å²) in [5, 5.41) is 0. The Kier molecular flexibility index (Phi) is 3.61. The molecule has 3 nitrogen and oxygen atoms in total. The second-order valence-electron chi connectivity index (χ2n) is 5.50. The fourth-order valence-corrected chi connectivity index (χ4v) is 1.96. The van der Waals surface area contributed by atoms with Crippen molar-refractivity contribution in [3.8, 4) is 0 Å². The van der Waals surface area contributed by atoms with Gasteiger partial charge in [0.1, 0.15) is 16.8 Å². The summed E-state index contributed by atoms with van der Waals surface area (Å²) in [5.74, 6) is 0.0416. The molecule has 1 aliphatic carbocycles. The highest BCUT2D eigenvalue weighted by Crippen LogP contribution is 2.39. The number of halogens is 1. The number of hydrogen-bond acceptors (Lipinski definition) is 2. The molecule has 5 heteroatoms. The van der Waals surface area contributed by atoms with Gasteiger partial charge in [0, 0.05) is 23.4 Å². The predicted octanol–water partition coefficient (Wildman–Crippen LogP) is 2.98. The minimum atomic E-state index is -1.37. The molecule has 0 radical (unpaired) electrons. The van der Waals surface area contributed by atoms with Crippen LogP contribution < -0.4 is 0 Å². The molecule has 1 fully saturated rings. The molecule has 1 unspecified atom stereocenters. The van der Waals surface area contributed by atoms with Crippen molar-refractivity contribution in [2.75, 3.05) is 0 Å². The lowest BCUT2D eigenvalue weighted by Gasteiger charge is -2.12. The van der Waals surface area contributed by atoms with E-state index in [1.165, 1.54) is 12.4 Å². The lowest BCUT2D eigenvalue weighted by molar-refractivity contribution is 0.617. The zero-order valence-electron chi connectivity index (χ0n) is 10.8. The number of hydrogen-bond donors (Lipinski definition) is 0. The van der Waals surface area contributed by atoms with Crippen molar-refractivity contribution >= 4 is 17.2 Å². The minimum absolute atomic E-state index is 0.365. The average Bonchev–Trinajstić information content (AvgIpc) is 3.10. The normalized spacial score (nSPS) is 18.2. The molecule has 0 bridgehead atoms. The van der Waals surface area contributed by atoms with Gasteiger partial charge in [-0.25, -0.2) is 8.60 Å². The third kappa shape index (κ3) is 3.22. The van der Waals surface area contributed by atoms with Crippen LogP contribution in [0.1, 0.15) is 50.8 Å². The van der Waals surface area contributed by atoms with E-state index in [1.54, 1.807) is 6.07 Å². The van der Waals surface area contributed by atoms with Crippen LogP contribution in [-0.4, -0.2) is 20.2 Å². The molecule has 1 saturated carbocycles. The van der Waals surface area contributed by atoms with Crippen LogP contribution >= 0.6 is 0 Å². The average molecular weight is 268 g/mol.